The lowest BCUT2D eigenvalue weighted by Crippen LogP contribution is -1.72. The maximum atomic E-state index is 2.25. The Labute approximate surface area is 55.5 Å². The summed E-state index contributed by atoms with van der Waals surface area (Å²) in [5.41, 5.74) is 4.59. The van der Waals surface area contributed by atoms with Gasteiger partial charge in [0.2, 0.25) is 0 Å². The molecule has 0 N–H and O–H groups in total. The minimum absolute atomic E-state index is 0.733. The Morgan fingerprint density at radius 2 is 1.67 bits per heavy atom. The van der Waals surface area contributed by atoms with Gasteiger partial charge in [0.05, 0.1) is 0 Å². The zero-order valence-corrected chi connectivity index (χ0v) is 5.81. The van der Waals surface area contributed by atoms with Crippen LogP contribution in [0.1, 0.15) is 25.3 Å². The van der Waals surface area contributed by atoms with Crippen molar-refractivity contribution in [3.05, 3.63) is 23.8 Å². The fourth-order valence-electron chi connectivity index (χ4n) is 1.45. The molecule has 46 valence electrons. The minimum atomic E-state index is 0.733. The molecule has 9 heavy (non-hydrogen) atoms. The van der Waals surface area contributed by atoms with Gasteiger partial charge in [-0.25, -0.2) is 0 Å². The van der Waals surface area contributed by atoms with Crippen LogP contribution in [-0.4, -0.2) is 0 Å². The predicted octanol–water partition coefficient (Wildman–Crippen LogP) is 2.79. The van der Waals surface area contributed by atoms with Gasteiger partial charge in [-0.3, -0.25) is 0 Å². The minimum Gasteiger partial charge on any atom is -0.0610 e. The van der Waals surface area contributed by atoms with Gasteiger partial charge in [-0.2, -0.15) is 0 Å². The summed E-state index contributed by atoms with van der Waals surface area (Å²) in [6.07, 6.45) is 0. The van der Waals surface area contributed by atoms with E-state index in [1.54, 1.807) is 5.56 Å². The molecule has 0 atom stereocenters. The van der Waals surface area contributed by atoms with Gasteiger partial charge in [0, 0.05) is 0 Å². The van der Waals surface area contributed by atoms with Crippen LogP contribution in [0.3, 0.4) is 0 Å². The SMILES string of the molecule is CC(C)c1c2cccc1-2. The van der Waals surface area contributed by atoms with Crippen molar-refractivity contribution in [2.45, 2.75) is 19.8 Å². The molecule has 2 aliphatic carbocycles. The van der Waals surface area contributed by atoms with E-state index in [9.17, 15) is 0 Å². The normalized spacial score (nSPS) is 12.3. The van der Waals surface area contributed by atoms with E-state index in [0.717, 1.165) is 5.92 Å². The maximum Gasteiger partial charge on any atom is -0.0140 e. The van der Waals surface area contributed by atoms with Gasteiger partial charge < -0.3 is 0 Å². The summed E-state index contributed by atoms with van der Waals surface area (Å²) in [6, 6.07) is 6.52. The van der Waals surface area contributed by atoms with Crippen LogP contribution in [-0.2, 0) is 0 Å². The molecule has 0 bridgehead atoms. The molecule has 0 spiro atoms. The molecule has 0 saturated heterocycles. The van der Waals surface area contributed by atoms with E-state index in [-0.39, 0.29) is 0 Å². The summed E-state index contributed by atoms with van der Waals surface area (Å²) in [6.45, 7) is 4.49. The fourth-order valence-corrected chi connectivity index (χ4v) is 1.45. The Hall–Kier alpha value is -0.780. The van der Waals surface area contributed by atoms with Crippen LogP contribution < -0.4 is 0 Å². The van der Waals surface area contributed by atoms with Crippen LogP contribution in [0.2, 0.25) is 0 Å². The number of benzene rings is 1. The van der Waals surface area contributed by atoms with E-state index < -0.39 is 0 Å². The molecule has 2 rings (SSSR count). The van der Waals surface area contributed by atoms with Crippen LogP contribution >= 0.6 is 0 Å². The molecule has 2 aliphatic rings. The molecule has 0 unspecified atom stereocenters. The first-order valence-electron chi connectivity index (χ1n) is 3.44. The lowest BCUT2D eigenvalue weighted by molar-refractivity contribution is 0.895. The van der Waals surface area contributed by atoms with Gasteiger partial charge in [-0.05, 0) is 22.6 Å². The molecule has 0 saturated carbocycles. The highest BCUT2D eigenvalue weighted by Gasteiger charge is 2.24. The van der Waals surface area contributed by atoms with Crippen molar-refractivity contribution in [2.24, 2.45) is 0 Å². The van der Waals surface area contributed by atoms with Crippen LogP contribution in [0.4, 0.5) is 0 Å². The Balaban J connectivity index is 2.42. The van der Waals surface area contributed by atoms with Crippen molar-refractivity contribution in [3.8, 4) is 11.1 Å². The Bertz CT molecular complexity index is 226. The molecule has 0 heteroatoms. The zero-order chi connectivity index (χ0) is 6.43. The van der Waals surface area contributed by atoms with Gasteiger partial charge >= 0.3 is 0 Å². The summed E-state index contributed by atoms with van der Waals surface area (Å²) in [7, 11) is 0. The first-order valence-corrected chi connectivity index (χ1v) is 3.44. The van der Waals surface area contributed by atoms with E-state index in [1.807, 2.05) is 0 Å². The van der Waals surface area contributed by atoms with E-state index in [0.29, 0.717) is 0 Å². The first kappa shape index (κ1) is 5.04. The molecule has 0 heterocycles. The van der Waals surface area contributed by atoms with Crippen molar-refractivity contribution in [3.63, 3.8) is 0 Å². The third-order valence-corrected chi connectivity index (χ3v) is 1.91. The molecule has 0 amide bonds. The van der Waals surface area contributed by atoms with E-state index in [2.05, 4.69) is 32.0 Å². The highest BCUT2D eigenvalue weighted by atomic mass is 14.3. The van der Waals surface area contributed by atoms with Gasteiger partial charge in [-0.1, -0.05) is 32.0 Å². The molecular formula is C9H10. The summed E-state index contributed by atoms with van der Waals surface area (Å²) >= 11 is 0. The molecule has 0 aromatic carbocycles. The molecule has 0 fully saturated rings. The van der Waals surface area contributed by atoms with E-state index >= 15 is 0 Å². The third-order valence-electron chi connectivity index (χ3n) is 1.91. The lowest BCUT2D eigenvalue weighted by Gasteiger charge is -1.89. The third kappa shape index (κ3) is 0.533. The highest BCUT2D eigenvalue weighted by Crippen LogP contribution is 2.47. The fraction of sp³-hybridized carbons (Fsp3) is 0.333. The Kier molecular flexibility index (Phi) is 0.774. The molecule has 0 aromatic heterocycles. The molecule has 0 radical (unpaired) electrons. The number of fused-ring (bicyclic) bond motifs is 1. The number of hydrogen-bond acceptors (Lipinski definition) is 0. The second-order valence-electron chi connectivity index (χ2n) is 2.92. The Morgan fingerprint density at radius 3 is 2.00 bits per heavy atom. The summed E-state index contributed by atoms with van der Waals surface area (Å²) in [5, 5.41) is 0. The van der Waals surface area contributed by atoms with Gasteiger partial charge in [-0.15, -0.1) is 0 Å². The van der Waals surface area contributed by atoms with E-state index in [4.69, 9.17) is 0 Å². The summed E-state index contributed by atoms with van der Waals surface area (Å²) in [5.74, 6) is 0.733. The Morgan fingerprint density at radius 1 is 1.11 bits per heavy atom. The second-order valence-corrected chi connectivity index (χ2v) is 2.92. The molecular weight excluding hydrogens is 108 g/mol. The number of rotatable bonds is 1. The van der Waals surface area contributed by atoms with Crippen LogP contribution in [0.25, 0.3) is 11.1 Å². The average molecular weight is 118 g/mol. The summed E-state index contributed by atoms with van der Waals surface area (Å²) in [4.78, 5) is 0. The monoisotopic (exact) mass is 118 g/mol. The first-order chi connectivity index (χ1) is 4.30. The van der Waals surface area contributed by atoms with Gasteiger partial charge in [0.15, 0.2) is 0 Å². The van der Waals surface area contributed by atoms with Crippen LogP contribution in [0.5, 0.6) is 0 Å². The van der Waals surface area contributed by atoms with Crippen LogP contribution in [0.15, 0.2) is 18.2 Å². The maximum absolute atomic E-state index is 2.25. The van der Waals surface area contributed by atoms with Crippen molar-refractivity contribution in [1.29, 1.82) is 0 Å². The molecule has 0 aromatic rings. The van der Waals surface area contributed by atoms with Crippen molar-refractivity contribution in [2.75, 3.05) is 0 Å². The smallest absolute Gasteiger partial charge is 0.0140 e. The van der Waals surface area contributed by atoms with Crippen molar-refractivity contribution < 1.29 is 0 Å². The predicted molar refractivity (Wildman–Crippen MR) is 39.5 cm³/mol. The number of hydrogen-bond donors (Lipinski definition) is 0. The second kappa shape index (κ2) is 1.38. The molecule has 0 nitrogen and oxygen atoms in total. The topological polar surface area (TPSA) is 0 Å². The largest absolute Gasteiger partial charge is 0.0610 e. The van der Waals surface area contributed by atoms with E-state index in [1.165, 1.54) is 11.1 Å². The standard InChI is InChI=1S/C9H10/c1-6(2)9-7-4-3-5-8(7)9/h3-6H,1-2H3. The van der Waals surface area contributed by atoms with Gasteiger partial charge in [0.25, 0.3) is 0 Å². The zero-order valence-electron chi connectivity index (χ0n) is 5.81. The average Bonchev–Trinajstić information content (AvgIpc) is 2.30. The van der Waals surface area contributed by atoms with Gasteiger partial charge in [0.1, 0.15) is 0 Å². The van der Waals surface area contributed by atoms with Crippen LogP contribution in [0, 0.1) is 0 Å². The molecule has 0 aliphatic heterocycles. The summed E-state index contributed by atoms with van der Waals surface area (Å²) < 4.78 is 0. The lowest BCUT2D eigenvalue weighted by atomic mass is 10.2. The van der Waals surface area contributed by atoms with Crippen molar-refractivity contribution >= 4 is 0 Å². The highest BCUT2D eigenvalue weighted by molar-refractivity contribution is 5.90. The van der Waals surface area contributed by atoms with Crippen molar-refractivity contribution in [1.82, 2.24) is 0 Å². The quantitative estimate of drug-likeness (QED) is 0.540.